The summed E-state index contributed by atoms with van der Waals surface area (Å²) in [4.78, 5) is 13.0. The van der Waals surface area contributed by atoms with Crippen molar-refractivity contribution >= 4 is 5.97 Å². The summed E-state index contributed by atoms with van der Waals surface area (Å²) in [6.07, 6.45) is 0.982. The smallest absolute Gasteiger partial charge is 0.303 e. The van der Waals surface area contributed by atoms with Gasteiger partial charge in [-0.25, -0.2) is 0 Å². The van der Waals surface area contributed by atoms with E-state index in [0.717, 1.165) is 6.54 Å². The Balaban J connectivity index is 2.02. The minimum Gasteiger partial charge on any atom is -0.481 e. The number of carbonyl (C=O) groups is 1. The molecule has 0 aromatic heterocycles. The van der Waals surface area contributed by atoms with Gasteiger partial charge < -0.3 is 9.84 Å². The van der Waals surface area contributed by atoms with Crippen molar-refractivity contribution in [1.29, 1.82) is 0 Å². The lowest BCUT2D eigenvalue weighted by Crippen LogP contribution is -2.51. The fraction of sp³-hybridized carbons (Fsp3) is 0.562. The molecule has 1 aromatic carbocycles. The summed E-state index contributed by atoms with van der Waals surface area (Å²) in [6, 6.07) is 10.8. The standard InChI is InChI=1S/C16H23NO3/c1-12-11-20-16(14-7-4-3-5-8-14)13(2)17(12)10-6-9-15(18)19/h3-5,7-8,12-13,16H,6,9-11H2,1-2H3,(H,18,19)/t12-,13+,16+/m1/s1. The maximum atomic E-state index is 10.6. The molecule has 1 aromatic rings. The largest absolute Gasteiger partial charge is 0.481 e. The Morgan fingerprint density at radius 2 is 2.05 bits per heavy atom. The van der Waals surface area contributed by atoms with E-state index in [1.807, 2.05) is 18.2 Å². The van der Waals surface area contributed by atoms with Gasteiger partial charge in [-0.2, -0.15) is 0 Å². The first kappa shape index (κ1) is 15.0. The molecule has 1 N–H and O–H groups in total. The van der Waals surface area contributed by atoms with Crippen LogP contribution in [0.15, 0.2) is 30.3 Å². The second-order valence-electron chi connectivity index (χ2n) is 5.49. The number of ether oxygens (including phenoxy) is 1. The molecule has 0 amide bonds. The maximum Gasteiger partial charge on any atom is 0.303 e. The van der Waals surface area contributed by atoms with Gasteiger partial charge in [0.25, 0.3) is 0 Å². The Kier molecular flexibility index (Phi) is 5.15. The highest BCUT2D eigenvalue weighted by Gasteiger charge is 2.33. The summed E-state index contributed by atoms with van der Waals surface area (Å²) in [5, 5.41) is 8.76. The third-order valence-corrected chi connectivity index (χ3v) is 3.98. The molecule has 1 aliphatic rings. The topological polar surface area (TPSA) is 49.8 Å². The van der Waals surface area contributed by atoms with Crippen molar-refractivity contribution < 1.29 is 14.6 Å². The average molecular weight is 277 g/mol. The van der Waals surface area contributed by atoms with Gasteiger partial charge in [-0.1, -0.05) is 30.3 Å². The van der Waals surface area contributed by atoms with Crippen LogP contribution >= 0.6 is 0 Å². The van der Waals surface area contributed by atoms with Crippen LogP contribution in [-0.2, 0) is 9.53 Å². The van der Waals surface area contributed by atoms with Gasteiger partial charge in [-0.15, -0.1) is 0 Å². The first-order valence-electron chi connectivity index (χ1n) is 7.23. The van der Waals surface area contributed by atoms with Crippen LogP contribution in [-0.4, -0.2) is 41.2 Å². The Hall–Kier alpha value is -1.39. The lowest BCUT2D eigenvalue weighted by Gasteiger charge is -2.43. The van der Waals surface area contributed by atoms with E-state index in [0.29, 0.717) is 19.1 Å². The fourth-order valence-electron chi connectivity index (χ4n) is 2.91. The number of carboxylic acids is 1. The molecule has 4 heteroatoms. The van der Waals surface area contributed by atoms with Gasteiger partial charge in [0.05, 0.1) is 12.7 Å². The molecule has 0 unspecified atom stereocenters. The Bertz CT molecular complexity index is 435. The van der Waals surface area contributed by atoms with E-state index in [9.17, 15) is 4.79 Å². The van der Waals surface area contributed by atoms with Gasteiger partial charge >= 0.3 is 5.97 Å². The highest BCUT2D eigenvalue weighted by atomic mass is 16.5. The molecule has 0 spiro atoms. The molecule has 110 valence electrons. The van der Waals surface area contributed by atoms with Gasteiger partial charge in [0.2, 0.25) is 0 Å². The molecular formula is C16H23NO3. The number of hydrogen-bond donors (Lipinski definition) is 1. The molecule has 20 heavy (non-hydrogen) atoms. The Morgan fingerprint density at radius 3 is 2.70 bits per heavy atom. The number of benzene rings is 1. The van der Waals surface area contributed by atoms with E-state index in [1.165, 1.54) is 5.56 Å². The second-order valence-corrected chi connectivity index (χ2v) is 5.49. The fourth-order valence-corrected chi connectivity index (χ4v) is 2.91. The van der Waals surface area contributed by atoms with Crippen LogP contribution in [0.4, 0.5) is 0 Å². The highest BCUT2D eigenvalue weighted by molar-refractivity contribution is 5.66. The SMILES string of the molecule is C[C@@H]1CO[C@H](c2ccccc2)[C@H](C)N1CCCC(=O)O. The average Bonchev–Trinajstić information content (AvgIpc) is 2.43. The first-order valence-corrected chi connectivity index (χ1v) is 7.23. The Morgan fingerprint density at radius 1 is 1.35 bits per heavy atom. The normalized spacial score (nSPS) is 27.4. The van der Waals surface area contributed by atoms with Gasteiger partial charge in [0, 0.05) is 18.5 Å². The second kappa shape index (κ2) is 6.86. The van der Waals surface area contributed by atoms with Crippen LogP contribution in [0.3, 0.4) is 0 Å². The van der Waals surface area contributed by atoms with Crippen LogP contribution in [0.2, 0.25) is 0 Å². The van der Waals surface area contributed by atoms with Crippen molar-refractivity contribution in [3.63, 3.8) is 0 Å². The molecule has 0 aliphatic carbocycles. The monoisotopic (exact) mass is 277 g/mol. The number of rotatable bonds is 5. The van der Waals surface area contributed by atoms with Crippen LogP contribution in [0, 0.1) is 0 Å². The molecule has 2 rings (SSSR count). The summed E-state index contributed by atoms with van der Waals surface area (Å²) in [5.41, 5.74) is 1.19. The zero-order valence-electron chi connectivity index (χ0n) is 12.2. The van der Waals surface area contributed by atoms with Crippen molar-refractivity contribution in [3.05, 3.63) is 35.9 Å². The van der Waals surface area contributed by atoms with Crippen LogP contribution < -0.4 is 0 Å². The van der Waals surface area contributed by atoms with E-state index >= 15 is 0 Å². The molecule has 1 fully saturated rings. The van der Waals surface area contributed by atoms with Crippen molar-refractivity contribution in [2.24, 2.45) is 0 Å². The van der Waals surface area contributed by atoms with Crippen molar-refractivity contribution in [2.75, 3.05) is 13.2 Å². The molecule has 3 atom stereocenters. The summed E-state index contributed by atoms with van der Waals surface area (Å²) in [5.74, 6) is -0.724. The molecule has 1 saturated heterocycles. The minimum absolute atomic E-state index is 0.0669. The lowest BCUT2D eigenvalue weighted by molar-refractivity contribution is -0.137. The van der Waals surface area contributed by atoms with E-state index in [-0.39, 0.29) is 18.6 Å². The molecule has 0 radical (unpaired) electrons. The quantitative estimate of drug-likeness (QED) is 0.899. The summed E-state index contributed by atoms with van der Waals surface area (Å²) in [6.45, 7) is 5.80. The zero-order valence-corrected chi connectivity index (χ0v) is 12.2. The van der Waals surface area contributed by atoms with Gasteiger partial charge in [0.15, 0.2) is 0 Å². The maximum absolute atomic E-state index is 10.6. The molecule has 1 aliphatic heterocycles. The third-order valence-electron chi connectivity index (χ3n) is 3.98. The van der Waals surface area contributed by atoms with Crippen LogP contribution in [0.5, 0.6) is 0 Å². The number of carboxylic acid groups (broad SMARTS) is 1. The van der Waals surface area contributed by atoms with Crippen molar-refractivity contribution in [1.82, 2.24) is 4.90 Å². The zero-order chi connectivity index (χ0) is 14.5. The van der Waals surface area contributed by atoms with E-state index in [4.69, 9.17) is 9.84 Å². The van der Waals surface area contributed by atoms with E-state index in [1.54, 1.807) is 0 Å². The van der Waals surface area contributed by atoms with Crippen molar-refractivity contribution in [2.45, 2.75) is 44.9 Å². The number of nitrogens with zero attached hydrogens (tertiary/aromatic N) is 1. The Labute approximate surface area is 120 Å². The van der Waals surface area contributed by atoms with Crippen molar-refractivity contribution in [3.8, 4) is 0 Å². The predicted octanol–water partition coefficient (Wildman–Crippen LogP) is 2.70. The summed E-state index contributed by atoms with van der Waals surface area (Å²) >= 11 is 0. The number of aliphatic carboxylic acids is 1. The lowest BCUT2D eigenvalue weighted by atomic mass is 9.98. The van der Waals surface area contributed by atoms with E-state index < -0.39 is 5.97 Å². The molecule has 0 saturated carbocycles. The summed E-state index contributed by atoms with van der Waals surface area (Å²) in [7, 11) is 0. The highest BCUT2D eigenvalue weighted by Crippen LogP contribution is 2.30. The third kappa shape index (κ3) is 3.58. The van der Waals surface area contributed by atoms with Gasteiger partial charge in [0.1, 0.15) is 0 Å². The van der Waals surface area contributed by atoms with Crippen LogP contribution in [0.25, 0.3) is 0 Å². The first-order chi connectivity index (χ1) is 9.59. The molecule has 1 heterocycles. The molecule has 4 nitrogen and oxygen atoms in total. The summed E-state index contributed by atoms with van der Waals surface area (Å²) < 4.78 is 5.99. The molecular weight excluding hydrogens is 254 g/mol. The number of morpholine rings is 1. The minimum atomic E-state index is -0.724. The van der Waals surface area contributed by atoms with Gasteiger partial charge in [-0.3, -0.25) is 9.69 Å². The van der Waals surface area contributed by atoms with E-state index in [2.05, 4.69) is 30.9 Å². The number of hydrogen-bond acceptors (Lipinski definition) is 3. The van der Waals surface area contributed by atoms with Crippen LogP contribution in [0.1, 0.15) is 38.4 Å². The predicted molar refractivity (Wildman–Crippen MR) is 77.6 cm³/mol. The molecule has 0 bridgehead atoms. The van der Waals surface area contributed by atoms with Gasteiger partial charge in [-0.05, 0) is 32.4 Å².